The van der Waals surface area contributed by atoms with E-state index >= 15 is 0 Å². The summed E-state index contributed by atoms with van der Waals surface area (Å²) in [6, 6.07) is 9.44. The Balaban J connectivity index is 2.17. The van der Waals surface area contributed by atoms with Crippen LogP contribution in [-0.4, -0.2) is 12.6 Å². The van der Waals surface area contributed by atoms with Gasteiger partial charge in [-0.25, -0.2) is 10.2 Å². The number of amides is 2. The molecule has 0 fully saturated rings. The van der Waals surface area contributed by atoms with Gasteiger partial charge in [0.05, 0.1) is 0 Å². The third-order valence-corrected chi connectivity index (χ3v) is 1.59. The average molecular weight is 179 g/mol. The number of carbonyl (C=O) groups excluding carboxylic acids is 1. The van der Waals surface area contributed by atoms with Gasteiger partial charge in [-0.3, -0.25) is 5.43 Å². The highest BCUT2D eigenvalue weighted by molar-refractivity contribution is 5.70. The van der Waals surface area contributed by atoms with Crippen molar-refractivity contribution in [3.05, 3.63) is 35.9 Å². The summed E-state index contributed by atoms with van der Waals surface area (Å²) in [5, 5.41) is 0. The lowest BCUT2D eigenvalue weighted by atomic mass is 10.2. The third-order valence-electron chi connectivity index (χ3n) is 1.59. The molecule has 0 aromatic heterocycles. The van der Waals surface area contributed by atoms with Crippen LogP contribution in [0.4, 0.5) is 4.79 Å². The summed E-state index contributed by atoms with van der Waals surface area (Å²) in [5.41, 5.74) is 11.1. The summed E-state index contributed by atoms with van der Waals surface area (Å²) in [6.45, 7) is 0.674. The zero-order valence-corrected chi connectivity index (χ0v) is 7.29. The fourth-order valence-corrected chi connectivity index (χ4v) is 1.00. The van der Waals surface area contributed by atoms with E-state index in [1.807, 2.05) is 30.3 Å². The van der Waals surface area contributed by atoms with Crippen LogP contribution in [0.3, 0.4) is 0 Å². The molecule has 1 aromatic rings. The average Bonchev–Trinajstić information content (AvgIpc) is 2.14. The number of hydrogen-bond donors (Lipinski definition) is 3. The Hall–Kier alpha value is -1.55. The Bertz CT molecular complexity index is 261. The van der Waals surface area contributed by atoms with Crippen LogP contribution in [0.2, 0.25) is 0 Å². The largest absolute Gasteiger partial charge is 0.351 e. The highest BCUT2D eigenvalue weighted by Gasteiger charge is 1.91. The van der Waals surface area contributed by atoms with Crippen molar-refractivity contribution >= 4 is 6.03 Å². The van der Waals surface area contributed by atoms with E-state index in [2.05, 4.69) is 10.9 Å². The number of urea groups is 1. The van der Waals surface area contributed by atoms with Gasteiger partial charge in [0.1, 0.15) is 0 Å². The molecule has 4 heteroatoms. The van der Waals surface area contributed by atoms with Crippen molar-refractivity contribution in [1.29, 1.82) is 0 Å². The molecule has 0 atom stereocenters. The van der Waals surface area contributed by atoms with Crippen LogP contribution < -0.4 is 16.6 Å². The molecule has 4 N–H and O–H groups in total. The second-order valence-corrected chi connectivity index (χ2v) is 2.65. The van der Waals surface area contributed by atoms with Crippen molar-refractivity contribution in [2.24, 2.45) is 5.73 Å². The van der Waals surface area contributed by atoms with Crippen LogP contribution in [0.5, 0.6) is 0 Å². The number of nitrogens with two attached hydrogens (primary N) is 1. The Morgan fingerprint density at radius 3 is 2.62 bits per heavy atom. The molecule has 0 saturated heterocycles. The maximum Gasteiger partial charge on any atom is 0.326 e. The number of hydrogen-bond acceptors (Lipinski definition) is 2. The molecule has 2 amide bonds. The Morgan fingerprint density at radius 2 is 2.00 bits per heavy atom. The highest BCUT2D eigenvalue weighted by atomic mass is 16.2. The number of nitrogens with one attached hydrogen (secondary N) is 2. The lowest BCUT2D eigenvalue weighted by molar-refractivity contribution is 0.245. The van der Waals surface area contributed by atoms with Crippen LogP contribution in [0.15, 0.2) is 30.3 Å². The van der Waals surface area contributed by atoms with E-state index in [0.29, 0.717) is 6.54 Å². The molecule has 0 heterocycles. The molecule has 0 bridgehead atoms. The van der Waals surface area contributed by atoms with Gasteiger partial charge in [0.15, 0.2) is 0 Å². The molecule has 0 spiro atoms. The second kappa shape index (κ2) is 5.16. The molecule has 0 aliphatic rings. The van der Waals surface area contributed by atoms with Crippen LogP contribution >= 0.6 is 0 Å². The lowest BCUT2D eigenvalue weighted by Crippen LogP contribution is -2.41. The first kappa shape index (κ1) is 9.54. The van der Waals surface area contributed by atoms with Crippen molar-refractivity contribution < 1.29 is 4.79 Å². The summed E-state index contributed by atoms with van der Waals surface area (Å²) < 4.78 is 0. The molecule has 0 aliphatic carbocycles. The Labute approximate surface area is 77.1 Å². The summed E-state index contributed by atoms with van der Waals surface area (Å²) >= 11 is 0. The molecule has 4 nitrogen and oxygen atoms in total. The van der Waals surface area contributed by atoms with Crippen molar-refractivity contribution in [1.82, 2.24) is 10.9 Å². The third kappa shape index (κ3) is 4.12. The quantitative estimate of drug-likeness (QED) is 0.462. The van der Waals surface area contributed by atoms with E-state index in [-0.39, 0.29) is 0 Å². The monoisotopic (exact) mass is 179 g/mol. The minimum atomic E-state index is -0.562. The topological polar surface area (TPSA) is 67.2 Å². The first-order valence-electron chi connectivity index (χ1n) is 4.11. The van der Waals surface area contributed by atoms with Gasteiger partial charge in [0.25, 0.3) is 0 Å². The van der Waals surface area contributed by atoms with Gasteiger partial charge in [-0.1, -0.05) is 30.3 Å². The SMILES string of the molecule is NC(=O)NNCCc1ccccc1. The fraction of sp³-hybridized carbons (Fsp3) is 0.222. The number of rotatable bonds is 4. The zero-order chi connectivity index (χ0) is 9.52. The van der Waals surface area contributed by atoms with Crippen molar-refractivity contribution in [2.45, 2.75) is 6.42 Å². The summed E-state index contributed by atoms with van der Waals surface area (Å²) in [6.07, 6.45) is 0.862. The van der Waals surface area contributed by atoms with Gasteiger partial charge < -0.3 is 5.73 Å². The van der Waals surface area contributed by atoms with Gasteiger partial charge in [0.2, 0.25) is 0 Å². The van der Waals surface area contributed by atoms with Crippen LogP contribution in [-0.2, 0) is 6.42 Å². The molecule has 70 valence electrons. The van der Waals surface area contributed by atoms with E-state index in [4.69, 9.17) is 5.73 Å². The number of primary amides is 1. The minimum absolute atomic E-state index is 0.562. The summed E-state index contributed by atoms with van der Waals surface area (Å²) in [4.78, 5) is 10.3. The van der Waals surface area contributed by atoms with Gasteiger partial charge in [0, 0.05) is 6.54 Å². The normalized spacial score (nSPS) is 9.54. The Morgan fingerprint density at radius 1 is 1.31 bits per heavy atom. The van der Waals surface area contributed by atoms with E-state index in [0.717, 1.165) is 6.42 Å². The predicted octanol–water partition coefficient (Wildman–Crippen LogP) is 0.402. The zero-order valence-electron chi connectivity index (χ0n) is 7.29. The molecule has 13 heavy (non-hydrogen) atoms. The van der Waals surface area contributed by atoms with E-state index < -0.39 is 6.03 Å². The summed E-state index contributed by atoms with van der Waals surface area (Å²) in [7, 11) is 0. The van der Waals surface area contributed by atoms with Crippen molar-refractivity contribution in [3.63, 3.8) is 0 Å². The minimum Gasteiger partial charge on any atom is -0.351 e. The number of hydrazine groups is 1. The van der Waals surface area contributed by atoms with Crippen molar-refractivity contribution in [3.8, 4) is 0 Å². The molecule has 0 saturated carbocycles. The fourth-order valence-electron chi connectivity index (χ4n) is 1.00. The first-order valence-corrected chi connectivity index (χ1v) is 4.11. The molecular formula is C9H13N3O. The maximum absolute atomic E-state index is 10.3. The first-order chi connectivity index (χ1) is 6.29. The van der Waals surface area contributed by atoms with E-state index in [9.17, 15) is 4.79 Å². The molecule has 0 unspecified atom stereocenters. The number of carbonyl (C=O) groups is 1. The molecule has 1 rings (SSSR count). The number of benzene rings is 1. The molecular weight excluding hydrogens is 166 g/mol. The molecule has 0 radical (unpaired) electrons. The lowest BCUT2D eigenvalue weighted by Gasteiger charge is -2.03. The van der Waals surface area contributed by atoms with Crippen LogP contribution in [0, 0.1) is 0 Å². The second-order valence-electron chi connectivity index (χ2n) is 2.65. The van der Waals surface area contributed by atoms with Gasteiger partial charge in [-0.2, -0.15) is 0 Å². The molecule has 1 aromatic carbocycles. The van der Waals surface area contributed by atoms with Gasteiger partial charge >= 0.3 is 6.03 Å². The van der Waals surface area contributed by atoms with Crippen LogP contribution in [0.25, 0.3) is 0 Å². The predicted molar refractivity (Wildman–Crippen MR) is 50.9 cm³/mol. The Kier molecular flexibility index (Phi) is 3.78. The van der Waals surface area contributed by atoms with E-state index in [1.54, 1.807) is 0 Å². The van der Waals surface area contributed by atoms with Crippen LogP contribution in [0.1, 0.15) is 5.56 Å². The maximum atomic E-state index is 10.3. The molecule has 0 aliphatic heterocycles. The smallest absolute Gasteiger partial charge is 0.326 e. The van der Waals surface area contributed by atoms with Gasteiger partial charge in [-0.15, -0.1) is 0 Å². The standard InChI is InChI=1S/C9H13N3O/c10-9(13)12-11-7-6-8-4-2-1-3-5-8/h1-5,11H,6-7H2,(H3,10,12,13). The van der Waals surface area contributed by atoms with Gasteiger partial charge in [-0.05, 0) is 12.0 Å². The highest BCUT2D eigenvalue weighted by Crippen LogP contribution is 1.97. The van der Waals surface area contributed by atoms with E-state index in [1.165, 1.54) is 5.56 Å². The van der Waals surface area contributed by atoms with Crippen molar-refractivity contribution in [2.75, 3.05) is 6.54 Å². The summed E-state index contributed by atoms with van der Waals surface area (Å²) in [5.74, 6) is 0.